The van der Waals surface area contributed by atoms with Gasteiger partial charge in [0.05, 0.1) is 7.11 Å². The van der Waals surface area contributed by atoms with E-state index in [2.05, 4.69) is 15.6 Å². The quantitative estimate of drug-likeness (QED) is 0.876. The minimum absolute atomic E-state index is 0.204. The summed E-state index contributed by atoms with van der Waals surface area (Å²) < 4.78 is 5.10. The molecular weight excluding hydrogens is 318 g/mol. The normalized spacial score (nSPS) is 10.9. The van der Waals surface area contributed by atoms with Crippen LogP contribution in [0.15, 0.2) is 42.6 Å². The Hall–Kier alpha value is -2.89. The van der Waals surface area contributed by atoms with Crippen LogP contribution in [-0.2, 0) is 6.54 Å². The van der Waals surface area contributed by atoms with Crippen LogP contribution < -0.4 is 15.4 Å². The highest BCUT2D eigenvalue weighted by Gasteiger charge is 2.17. The Morgan fingerprint density at radius 2 is 1.76 bits per heavy atom. The summed E-state index contributed by atoms with van der Waals surface area (Å²) in [7, 11) is 1.60. The number of hydrogen-bond donors (Lipinski definition) is 2. The van der Waals surface area contributed by atoms with E-state index in [4.69, 9.17) is 4.74 Å². The van der Waals surface area contributed by atoms with Gasteiger partial charge in [-0.25, -0.2) is 0 Å². The van der Waals surface area contributed by atoms with E-state index in [1.807, 2.05) is 45.0 Å². The van der Waals surface area contributed by atoms with E-state index in [9.17, 15) is 9.59 Å². The smallest absolute Gasteiger partial charge is 0.270 e. The van der Waals surface area contributed by atoms with Gasteiger partial charge < -0.3 is 15.4 Å². The lowest BCUT2D eigenvalue weighted by molar-refractivity contribution is 0.0919. The van der Waals surface area contributed by atoms with Gasteiger partial charge in [0.2, 0.25) is 0 Å². The summed E-state index contributed by atoms with van der Waals surface area (Å²) in [5.41, 5.74) is 1.20. The van der Waals surface area contributed by atoms with Gasteiger partial charge in [0.15, 0.2) is 0 Å². The van der Waals surface area contributed by atoms with Gasteiger partial charge >= 0.3 is 0 Å². The first-order valence-electron chi connectivity index (χ1n) is 7.98. The van der Waals surface area contributed by atoms with Crippen molar-refractivity contribution >= 4 is 11.8 Å². The first kappa shape index (κ1) is 18.4. The van der Waals surface area contributed by atoms with E-state index < -0.39 is 0 Å². The first-order chi connectivity index (χ1) is 11.8. The molecule has 6 heteroatoms. The molecule has 2 aromatic rings. The lowest BCUT2D eigenvalue weighted by Gasteiger charge is -2.20. The standard InChI is InChI=1S/C19H23N3O3/c1-19(2,3)22-17(23)14-9-10-20-16(11-14)18(24)21-12-13-5-7-15(25-4)8-6-13/h5-11H,12H2,1-4H3,(H,21,24)(H,22,23). The van der Waals surface area contributed by atoms with Crippen molar-refractivity contribution in [3.63, 3.8) is 0 Å². The van der Waals surface area contributed by atoms with Crippen LogP contribution in [0.1, 0.15) is 47.2 Å². The third kappa shape index (κ3) is 5.60. The van der Waals surface area contributed by atoms with Gasteiger partial charge in [-0.2, -0.15) is 0 Å². The molecular formula is C19H23N3O3. The molecule has 0 aliphatic rings. The number of rotatable bonds is 5. The molecule has 0 fully saturated rings. The minimum atomic E-state index is -0.350. The number of amides is 2. The lowest BCUT2D eigenvalue weighted by atomic mass is 10.1. The van der Waals surface area contributed by atoms with Crippen LogP contribution >= 0.6 is 0 Å². The Morgan fingerprint density at radius 1 is 1.08 bits per heavy atom. The molecule has 0 unspecified atom stereocenters. The molecule has 6 nitrogen and oxygen atoms in total. The number of nitrogens with zero attached hydrogens (tertiary/aromatic N) is 1. The van der Waals surface area contributed by atoms with Crippen molar-refractivity contribution < 1.29 is 14.3 Å². The van der Waals surface area contributed by atoms with Crippen molar-refractivity contribution in [1.82, 2.24) is 15.6 Å². The van der Waals surface area contributed by atoms with E-state index in [-0.39, 0.29) is 23.0 Å². The predicted octanol–water partition coefficient (Wildman–Crippen LogP) is 2.55. The summed E-state index contributed by atoms with van der Waals surface area (Å²) >= 11 is 0. The Morgan fingerprint density at radius 3 is 2.36 bits per heavy atom. The first-order valence-corrected chi connectivity index (χ1v) is 7.98. The van der Waals surface area contributed by atoms with Gasteiger partial charge in [0.1, 0.15) is 11.4 Å². The summed E-state index contributed by atoms with van der Waals surface area (Å²) in [6, 6.07) is 10.5. The van der Waals surface area contributed by atoms with Crippen molar-refractivity contribution in [2.45, 2.75) is 32.9 Å². The van der Waals surface area contributed by atoms with E-state index in [1.54, 1.807) is 13.2 Å². The largest absolute Gasteiger partial charge is 0.497 e. The number of pyridine rings is 1. The Balaban J connectivity index is 2.01. The number of methoxy groups -OCH3 is 1. The van der Waals surface area contributed by atoms with Gasteiger partial charge in [-0.15, -0.1) is 0 Å². The summed E-state index contributed by atoms with van der Waals surface area (Å²) in [6.45, 7) is 6.06. The van der Waals surface area contributed by atoms with Crippen LogP contribution in [0.4, 0.5) is 0 Å². The van der Waals surface area contributed by atoms with Crippen molar-refractivity contribution in [2.24, 2.45) is 0 Å². The van der Waals surface area contributed by atoms with E-state index >= 15 is 0 Å². The molecule has 0 spiro atoms. The van der Waals surface area contributed by atoms with Gasteiger partial charge in [-0.05, 0) is 50.6 Å². The molecule has 0 bridgehead atoms. The number of carbonyl (C=O) groups excluding carboxylic acids is 2. The van der Waals surface area contributed by atoms with Crippen molar-refractivity contribution in [3.05, 3.63) is 59.4 Å². The highest BCUT2D eigenvalue weighted by atomic mass is 16.5. The van der Waals surface area contributed by atoms with E-state index in [0.717, 1.165) is 11.3 Å². The number of hydrogen-bond acceptors (Lipinski definition) is 4. The fourth-order valence-corrected chi connectivity index (χ4v) is 2.13. The molecule has 1 aromatic heterocycles. The summed E-state index contributed by atoms with van der Waals surface area (Å²) in [5.74, 6) is 0.189. The Labute approximate surface area is 147 Å². The monoisotopic (exact) mass is 341 g/mol. The molecule has 0 aliphatic heterocycles. The SMILES string of the molecule is COc1ccc(CNC(=O)c2cc(C(=O)NC(C)(C)C)ccn2)cc1. The summed E-state index contributed by atoms with van der Waals surface area (Å²) in [4.78, 5) is 28.5. The summed E-state index contributed by atoms with van der Waals surface area (Å²) in [5, 5.41) is 5.65. The van der Waals surface area contributed by atoms with Crippen LogP contribution in [0.25, 0.3) is 0 Å². The molecule has 1 aromatic carbocycles. The molecule has 0 aliphatic carbocycles. The fraction of sp³-hybridized carbons (Fsp3) is 0.316. The third-order valence-electron chi connectivity index (χ3n) is 3.36. The number of carbonyl (C=O) groups is 2. The highest BCUT2D eigenvalue weighted by Crippen LogP contribution is 2.11. The second-order valence-corrected chi connectivity index (χ2v) is 6.66. The number of aromatic nitrogens is 1. The average Bonchev–Trinajstić information content (AvgIpc) is 2.58. The van der Waals surface area contributed by atoms with E-state index in [0.29, 0.717) is 12.1 Å². The van der Waals surface area contributed by atoms with Crippen LogP contribution in [0.5, 0.6) is 5.75 Å². The highest BCUT2D eigenvalue weighted by molar-refractivity contribution is 5.98. The van der Waals surface area contributed by atoms with Crippen LogP contribution in [0.2, 0.25) is 0 Å². The topological polar surface area (TPSA) is 80.3 Å². The lowest BCUT2D eigenvalue weighted by Crippen LogP contribution is -2.40. The molecule has 0 radical (unpaired) electrons. The molecule has 1 heterocycles. The second kappa shape index (κ2) is 7.79. The number of benzene rings is 1. The maximum Gasteiger partial charge on any atom is 0.270 e. The van der Waals surface area contributed by atoms with Crippen LogP contribution in [0, 0.1) is 0 Å². The zero-order valence-corrected chi connectivity index (χ0v) is 14.9. The number of ether oxygens (including phenoxy) is 1. The van der Waals surface area contributed by atoms with Gasteiger partial charge in [0.25, 0.3) is 11.8 Å². The zero-order chi connectivity index (χ0) is 18.4. The van der Waals surface area contributed by atoms with Crippen LogP contribution in [0.3, 0.4) is 0 Å². The molecule has 132 valence electrons. The van der Waals surface area contributed by atoms with Gasteiger partial charge in [-0.1, -0.05) is 12.1 Å². The predicted molar refractivity (Wildman–Crippen MR) is 95.6 cm³/mol. The molecule has 25 heavy (non-hydrogen) atoms. The molecule has 0 saturated carbocycles. The van der Waals surface area contributed by atoms with Crippen LogP contribution in [-0.4, -0.2) is 29.4 Å². The fourth-order valence-electron chi connectivity index (χ4n) is 2.13. The molecule has 0 saturated heterocycles. The maximum absolute atomic E-state index is 12.3. The summed E-state index contributed by atoms with van der Waals surface area (Å²) in [6.07, 6.45) is 1.46. The molecule has 2 amide bonds. The second-order valence-electron chi connectivity index (χ2n) is 6.66. The Kier molecular flexibility index (Phi) is 5.75. The maximum atomic E-state index is 12.3. The zero-order valence-electron chi connectivity index (χ0n) is 14.9. The molecule has 2 N–H and O–H groups in total. The van der Waals surface area contributed by atoms with Crippen molar-refractivity contribution in [3.8, 4) is 5.75 Å². The average molecular weight is 341 g/mol. The third-order valence-corrected chi connectivity index (χ3v) is 3.36. The van der Waals surface area contributed by atoms with Crippen molar-refractivity contribution in [2.75, 3.05) is 7.11 Å². The number of nitrogens with one attached hydrogen (secondary N) is 2. The van der Waals surface area contributed by atoms with Crippen molar-refractivity contribution in [1.29, 1.82) is 0 Å². The minimum Gasteiger partial charge on any atom is -0.497 e. The Bertz CT molecular complexity index is 749. The van der Waals surface area contributed by atoms with Gasteiger partial charge in [0, 0.05) is 23.8 Å². The van der Waals surface area contributed by atoms with E-state index in [1.165, 1.54) is 12.3 Å². The molecule has 0 atom stereocenters. The molecule has 2 rings (SSSR count). The van der Waals surface area contributed by atoms with Gasteiger partial charge in [-0.3, -0.25) is 14.6 Å².